The minimum atomic E-state index is -0.728. The fourth-order valence-electron chi connectivity index (χ4n) is 4.82. The first-order valence-corrected chi connectivity index (χ1v) is 10.3. The van der Waals surface area contributed by atoms with Crippen LogP contribution in [-0.2, 0) is 10.2 Å². The van der Waals surface area contributed by atoms with Crippen molar-refractivity contribution in [2.45, 2.75) is 68.4 Å². The average Bonchev–Trinajstić information content (AvgIpc) is 3.39. The molecule has 6 nitrogen and oxygen atoms in total. The Morgan fingerprint density at radius 1 is 1.18 bits per heavy atom. The number of aliphatic carboxylic acids is 1. The lowest BCUT2D eigenvalue weighted by molar-refractivity contribution is -0.145. The third kappa shape index (κ3) is 3.22. The lowest BCUT2D eigenvalue weighted by Crippen LogP contribution is -2.51. The van der Waals surface area contributed by atoms with Gasteiger partial charge in [0.15, 0.2) is 11.5 Å². The maximum atomic E-state index is 11.6. The predicted molar refractivity (Wildman–Crippen MR) is 104 cm³/mol. The Morgan fingerprint density at radius 3 is 2.39 bits per heavy atom. The molecule has 6 heteroatoms. The maximum absolute atomic E-state index is 11.6. The van der Waals surface area contributed by atoms with E-state index in [9.17, 15) is 15.2 Å². The van der Waals surface area contributed by atoms with Gasteiger partial charge in [-0.25, -0.2) is 0 Å². The summed E-state index contributed by atoms with van der Waals surface area (Å²) in [4.78, 5) is 13.7. The van der Waals surface area contributed by atoms with Crippen LogP contribution in [0.3, 0.4) is 0 Å². The minimum absolute atomic E-state index is 0.217. The molecule has 0 bridgehead atoms. The number of benzene rings is 1. The van der Waals surface area contributed by atoms with Crippen LogP contribution in [0.15, 0.2) is 18.2 Å². The van der Waals surface area contributed by atoms with Gasteiger partial charge in [0, 0.05) is 13.1 Å². The Morgan fingerprint density at radius 2 is 1.86 bits per heavy atom. The van der Waals surface area contributed by atoms with Gasteiger partial charge in [-0.3, -0.25) is 9.69 Å². The van der Waals surface area contributed by atoms with Gasteiger partial charge in [0.1, 0.15) is 5.54 Å². The summed E-state index contributed by atoms with van der Waals surface area (Å²) in [5, 5.41) is 19.6. The number of rotatable bonds is 6. The van der Waals surface area contributed by atoms with Gasteiger partial charge < -0.3 is 14.6 Å². The van der Waals surface area contributed by atoms with Crippen LogP contribution in [0.5, 0.6) is 11.5 Å². The van der Waals surface area contributed by atoms with Crippen molar-refractivity contribution in [3.63, 3.8) is 0 Å². The molecule has 3 fully saturated rings. The molecule has 0 spiro atoms. The second kappa shape index (κ2) is 7.29. The van der Waals surface area contributed by atoms with Gasteiger partial charge in [0.05, 0.1) is 24.7 Å². The highest BCUT2D eigenvalue weighted by Gasteiger charge is 2.56. The lowest BCUT2D eigenvalue weighted by Gasteiger charge is -2.40. The van der Waals surface area contributed by atoms with Gasteiger partial charge in [-0.05, 0) is 69.1 Å². The predicted octanol–water partition coefficient (Wildman–Crippen LogP) is 3.49. The summed E-state index contributed by atoms with van der Waals surface area (Å²) in [6.07, 6.45) is 7.40. The van der Waals surface area contributed by atoms with Crippen LogP contribution in [-0.4, -0.2) is 47.8 Å². The smallest absolute Gasteiger partial charge is 0.324 e. The summed E-state index contributed by atoms with van der Waals surface area (Å²) < 4.78 is 11.7. The largest absolute Gasteiger partial charge is 0.493 e. The molecule has 0 radical (unpaired) electrons. The number of ether oxygens (including phenoxy) is 2. The summed E-state index contributed by atoms with van der Waals surface area (Å²) in [5.41, 5.74) is -0.340. The molecule has 1 aliphatic heterocycles. The minimum Gasteiger partial charge on any atom is -0.493 e. The molecule has 1 aromatic carbocycles. The third-order valence-corrected chi connectivity index (χ3v) is 6.87. The molecule has 4 rings (SSSR count). The van der Waals surface area contributed by atoms with E-state index in [2.05, 4.69) is 11.0 Å². The van der Waals surface area contributed by atoms with Crippen LogP contribution in [0.1, 0.15) is 56.9 Å². The highest BCUT2D eigenvalue weighted by Crippen LogP contribution is 2.47. The van der Waals surface area contributed by atoms with E-state index < -0.39 is 16.9 Å². The maximum Gasteiger partial charge on any atom is 0.324 e. The molecule has 1 saturated heterocycles. The van der Waals surface area contributed by atoms with E-state index in [1.165, 1.54) is 12.8 Å². The zero-order valence-electron chi connectivity index (χ0n) is 16.4. The number of methoxy groups -OCH3 is 1. The van der Waals surface area contributed by atoms with Crippen LogP contribution < -0.4 is 9.47 Å². The highest BCUT2D eigenvalue weighted by atomic mass is 16.5. The van der Waals surface area contributed by atoms with Crippen LogP contribution >= 0.6 is 0 Å². The molecule has 3 aliphatic rings. The molecule has 28 heavy (non-hydrogen) atoms. The Kier molecular flexibility index (Phi) is 4.96. The highest BCUT2D eigenvalue weighted by molar-refractivity contribution is 5.82. The molecule has 1 N–H and O–H groups in total. The lowest BCUT2D eigenvalue weighted by atomic mass is 9.73. The van der Waals surface area contributed by atoms with Crippen molar-refractivity contribution in [3.05, 3.63) is 23.8 Å². The van der Waals surface area contributed by atoms with E-state index in [0.717, 1.165) is 18.4 Å². The molecule has 1 heterocycles. The Bertz CT molecular complexity index is 782. The number of carboxylic acid groups (broad SMARTS) is 1. The molecule has 2 aliphatic carbocycles. The average molecular weight is 384 g/mol. The number of carboxylic acids is 1. The Hall–Kier alpha value is -2.26. The van der Waals surface area contributed by atoms with E-state index in [4.69, 9.17) is 9.47 Å². The number of piperidine rings is 1. The van der Waals surface area contributed by atoms with Crippen LogP contribution in [0.2, 0.25) is 0 Å². The summed E-state index contributed by atoms with van der Waals surface area (Å²) in [6.45, 7) is 1.26. The van der Waals surface area contributed by atoms with Gasteiger partial charge in [0.2, 0.25) is 0 Å². The summed E-state index contributed by atoms with van der Waals surface area (Å²) >= 11 is 0. The molecule has 0 amide bonds. The second-order valence-corrected chi connectivity index (χ2v) is 8.41. The summed E-state index contributed by atoms with van der Waals surface area (Å²) in [7, 11) is 1.63. The molecular formula is C22H28N2O4. The normalized spacial score (nSPS) is 23.7. The first kappa shape index (κ1) is 19.1. The van der Waals surface area contributed by atoms with Crippen molar-refractivity contribution < 1.29 is 19.4 Å². The van der Waals surface area contributed by atoms with Crippen LogP contribution in [0, 0.1) is 11.3 Å². The molecule has 1 aromatic rings. The molecule has 0 aromatic heterocycles. The standard InChI is InChI=1S/C22H28N2O4/c1-27-18-7-6-16(14-19(18)28-17-4-2-3-5-17)21(15-23)10-12-24(13-11-21)22(8-9-22)20(25)26/h6-7,14,17H,2-5,8-13H2,1H3,(H,25,26). The molecule has 2 saturated carbocycles. The van der Waals surface area contributed by atoms with E-state index in [-0.39, 0.29) is 6.10 Å². The number of hydrogen-bond donors (Lipinski definition) is 1. The monoisotopic (exact) mass is 384 g/mol. The molecule has 150 valence electrons. The van der Waals surface area contributed by atoms with Gasteiger partial charge in [0.25, 0.3) is 0 Å². The number of carbonyl (C=O) groups is 1. The Balaban J connectivity index is 1.55. The van der Waals surface area contributed by atoms with Crippen LogP contribution in [0.4, 0.5) is 0 Å². The van der Waals surface area contributed by atoms with E-state index in [0.29, 0.717) is 50.3 Å². The molecule has 0 atom stereocenters. The molecular weight excluding hydrogens is 356 g/mol. The van der Waals surface area contributed by atoms with E-state index >= 15 is 0 Å². The van der Waals surface area contributed by atoms with Crippen molar-refractivity contribution in [2.24, 2.45) is 0 Å². The quantitative estimate of drug-likeness (QED) is 0.808. The Labute approximate surface area is 166 Å². The molecule has 0 unspecified atom stereocenters. The van der Waals surface area contributed by atoms with Gasteiger partial charge >= 0.3 is 5.97 Å². The van der Waals surface area contributed by atoms with Crippen molar-refractivity contribution in [3.8, 4) is 17.6 Å². The van der Waals surface area contributed by atoms with Crippen molar-refractivity contribution in [1.82, 2.24) is 4.90 Å². The summed E-state index contributed by atoms with van der Waals surface area (Å²) in [5.74, 6) is 0.686. The van der Waals surface area contributed by atoms with E-state index in [1.807, 2.05) is 18.2 Å². The third-order valence-electron chi connectivity index (χ3n) is 6.87. The number of nitriles is 1. The zero-order chi connectivity index (χ0) is 19.8. The second-order valence-electron chi connectivity index (χ2n) is 8.41. The number of hydrogen-bond acceptors (Lipinski definition) is 5. The fourth-order valence-corrected chi connectivity index (χ4v) is 4.82. The van der Waals surface area contributed by atoms with Crippen molar-refractivity contribution in [2.75, 3.05) is 20.2 Å². The topological polar surface area (TPSA) is 82.8 Å². The van der Waals surface area contributed by atoms with Crippen molar-refractivity contribution in [1.29, 1.82) is 5.26 Å². The van der Waals surface area contributed by atoms with Gasteiger partial charge in [-0.1, -0.05) is 6.07 Å². The van der Waals surface area contributed by atoms with Gasteiger partial charge in [-0.15, -0.1) is 0 Å². The fraction of sp³-hybridized carbons (Fsp3) is 0.636. The zero-order valence-corrected chi connectivity index (χ0v) is 16.4. The SMILES string of the molecule is COc1ccc(C2(C#N)CCN(C3(C(=O)O)CC3)CC2)cc1OC1CCCC1. The summed E-state index contributed by atoms with van der Waals surface area (Å²) in [6, 6.07) is 8.37. The van der Waals surface area contributed by atoms with E-state index in [1.54, 1.807) is 7.11 Å². The number of likely N-dealkylation sites (tertiary alicyclic amines) is 1. The van der Waals surface area contributed by atoms with Gasteiger partial charge in [-0.2, -0.15) is 5.26 Å². The van der Waals surface area contributed by atoms with Crippen LogP contribution in [0.25, 0.3) is 0 Å². The first-order valence-electron chi connectivity index (χ1n) is 10.3. The first-order chi connectivity index (χ1) is 13.5. The van der Waals surface area contributed by atoms with Crippen molar-refractivity contribution >= 4 is 5.97 Å². The number of nitrogens with zero attached hydrogens (tertiary/aromatic N) is 2.